The van der Waals surface area contributed by atoms with Crippen LogP contribution in [0.2, 0.25) is 5.02 Å². The molecule has 1 N–H and O–H groups in total. The second-order valence-corrected chi connectivity index (χ2v) is 6.67. The number of hydrogen-bond donors (Lipinski definition) is 1. The van der Waals surface area contributed by atoms with E-state index in [0.717, 1.165) is 10.7 Å². The van der Waals surface area contributed by atoms with Gasteiger partial charge in [-0.2, -0.15) is 0 Å². The highest BCUT2D eigenvalue weighted by atomic mass is 35.5. The minimum atomic E-state index is -0.310. The maximum absolute atomic E-state index is 13.5. The smallest absolute Gasteiger partial charge is 0.146 e. The maximum Gasteiger partial charge on any atom is 0.146 e. The molecular weight excluding hydrogens is 283 g/mol. The largest absolute Gasteiger partial charge is 0.377 e. The van der Waals surface area contributed by atoms with Gasteiger partial charge in [-0.3, -0.25) is 0 Å². The Morgan fingerprint density at radius 1 is 1.37 bits per heavy atom. The van der Waals surface area contributed by atoms with Gasteiger partial charge in [0.25, 0.3) is 0 Å². The van der Waals surface area contributed by atoms with E-state index in [9.17, 15) is 4.39 Å². The van der Waals surface area contributed by atoms with Crippen molar-refractivity contribution in [1.29, 1.82) is 0 Å². The summed E-state index contributed by atoms with van der Waals surface area (Å²) in [4.78, 5) is 4.55. The summed E-state index contributed by atoms with van der Waals surface area (Å²) in [6, 6.07) is 4.46. The molecule has 0 amide bonds. The van der Waals surface area contributed by atoms with Crippen molar-refractivity contribution in [2.45, 2.75) is 32.7 Å². The van der Waals surface area contributed by atoms with E-state index in [0.29, 0.717) is 17.3 Å². The molecule has 1 aromatic heterocycles. The third-order valence-corrected chi connectivity index (χ3v) is 4.13. The van der Waals surface area contributed by atoms with Crippen LogP contribution in [0.1, 0.15) is 31.5 Å². The molecule has 2 aromatic rings. The highest BCUT2D eigenvalue weighted by Gasteiger charge is 2.17. The quantitative estimate of drug-likeness (QED) is 0.876. The number of halogens is 2. The van der Waals surface area contributed by atoms with Crippen molar-refractivity contribution in [1.82, 2.24) is 4.98 Å². The molecule has 0 saturated carbocycles. The monoisotopic (exact) mass is 298 g/mol. The first-order valence-corrected chi connectivity index (χ1v) is 7.26. The molecule has 1 aromatic carbocycles. The van der Waals surface area contributed by atoms with Crippen LogP contribution in [0.5, 0.6) is 0 Å². The third-order valence-electron chi connectivity index (χ3n) is 2.58. The van der Waals surface area contributed by atoms with Crippen molar-refractivity contribution in [3.8, 4) is 0 Å². The molecule has 1 heterocycles. The molecule has 0 aliphatic rings. The van der Waals surface area contributed by atoms with Crippen LogP contribution in [0, 0.1) is 5.82 Å². The van der Waals surface area contributed by atoms with Gasteiger partial charge in [-0.15, -0.1) is 11.3 Å². The van der Waals surface area contributed by atoms with Crippen molar-refractivity contribution in [2.24, 2.45) is 0 Å². The lowest BCUT2D eigenvalue weighted by Gasteiger charge is -2.13. The molecule has 0 spiro atoms. The molecule has 0 unspecified atom stereocenters. The lowest BCUT2D eigenvalue weighted by molar-refractivity contribution is 0.583. The summed E-state index contributed by atoms with van der Waals surface area (Å²) in [5, 5.41) is 6.61. The second-order valence-electron chi connectivity index (χ2n) is 5.37. The van der Waals surface area contributed by atoms with Crippen LogP contribution in [-0.4, -0.2) is 4.98 Å². The molecule has 0 saturated heterocycles. The van der Waals surface area contributed by atoms with Crippen LogP contribution in [0.25, 0.3) is 0 Å². The first-order valence-electron chi connectivity index (χ1n) is 6.00. The van der Waals surface area contributed by atoms with E-state index >= 15 is 0 Å². The highest BCUT2D eigenvalue weighted by Crippen LogP contribution is 2.26. The van der Waals surface area contributed by atoms with Crippen LogP contribution in [-0.2, 0) is 12.0 Å². The number of nitrogens with one attached hydrogen (secondary N) is 1. The lowest BCUT2D eigenvalue weighted by Crippen LogP contribution is -2.11. The predicted octanol–water partition coefficient (Wildman–Crippen LogP) is 4.85. The molecule has 0 aliphatic carbocycles. The van der Waals surface area contributed by atoms with Crippen LogP contribution in [0.4, 0.5) is 10.1 Å². The minimum Gasteiger partial charge on any atom is -0.377 e. The summed E-state index contributed by atoms with van der Waals surface area (Å²) in [6.45, 7) is 6.86. The maximum atomic E-state index is 13.5. The molecule has 5 heteroatoms. The van der Waals surface area contributed by atoms with E-state index in [1.54, 1.807) is 17.4 Å². The normalized spacial score (nSPS) is 11.6. The van der Waals surface area contributed by atoms with Gasteiger partial charge in [-0.05, 0) is 18.2 Å². The summed E-state index contributed by atoms with van der Waals surface area (Å²) in [6.07, 6.45) is 0. The topological polar surface area (TPSA) is 24.9 Å². The number of hydrogen-bond acceptors (Lipinski definition) is 3. The van der Waals surface area contributed by atoms with Gasteiger partial charge < -0.3 is 5.32 Å². The summed E-state index contributed by atoms with van der Waals surface area (Å²) in [5.74, 6) is -0.310. The van der Waals surface area contributed by atoms with E-state index in [1.807, 2.05) is 5.38 Å². The Bertz CT molecular complexity index is 575. The van der Waals surface area contributed by atoms with Gasteiger partial charge in [0.15, 0.2) is 0 Å². The number of rotatable bonds is 3. The molecule has 0 atom stereocenters. The summed E-state index contributed by atoms with van der Waals surface area (Å²) in [5.41, 5.74) is 1.36. The standard InChI is InChI=1S/C14H16ClFN2S/c1-14(2,3)13-18-10(8-19-13)7-17-12-6-9(15)4-5-11(12)16/h4-6,8,17H,7H2,1-3H3. The Kier molecular flexibility index (Phi) is 4.11. The molecule has 0 fully saturated rings. The van der Waals surface area contributed by atoms with Crippen LogP contribution < -0.4 is 5.32 Å². The van der Waals surface area contributed by atoms with Crippen molar-refractivity contribution in [3.63, 3.8) is 0 Å². The Hall–Kier alpha value is -1.13. The van der Waals surface area contributed by atoms with Crippen LogP contribution in [0.3, 0.4) is 0 Å². The van der Waals surface area contributed by atoms with Crippen LogP contribution in [0.15, 0.2) is 23.6 Å². The lowest BCUT2D eigenvalue weighted by atomic mass is 9.98. The van der Waals surface area contributed by atoms with Crippen molar-refractivity contribution >= 4 is 28.6 Å². The van der Waals surface area contributed by atoms with E-state index in [2.05, 4.69) is 31.1 Å². The average molecular weight is 299 g/mol. The molecule has 0 aliphatic heterocycles. The molecule has 19 heavy (non-hydrogen) atoms. The predicted molar refractivity (Wildman–Crippen MR) is 79.6 cm³/mol. The van der Waals surface area contributed by atoms with E-state index in [-0.39, 0.29) is 11.2 Å². The highest BCUT2D eigenvalue weighted by molar-refractivity contribution is 7.09. The van der Waals surface area contributed by atoms with E-state index < -0.39 is 0 Å². The Morgan fingerprint density at radius 2 is 2.11 bits per heavy atom. The zero-order valence-electron chi connectivity index (χ0n) is 11.1. The Labute approximate surface area is 121 Å². The first kappa shape index (κ1) is 14.3. The van der Waals surface area contributed by atoms with Crippen molar-refractivity contribution < 1.29 is 4.39 Å². The number of aromatic nitrogens is 1. The number of thiazole rings is 1. The second kappa shape index (κ2) is 5.47. The molecular formula is C14H16ClFN2S. The van der Waals surface area contributed by atoms with E-state index in [4.69, 9.17) is 11.6 Å². The fourth-order valence-electron chi connectivity index (χ4n) is 1.55. The van der Waals surface area contributed by atoms with Crippen molar-refractivity contribution in [3.05, 3.63) is 45.1 Å². The zero-order valence-corrected chi connectivity index (χ0v) is 12.7. The molecule has 0 bridgehead atoms. The Balaban J connectivity index is 2.06. The summed E-state index contributed by atoms with van der Waals surface area (Å²) >= 11 is 7.47. The average Bonchev–Trinajstić information content (AvgIpc) is 2.79. The summed E-state index contributed by atoms with van der Waals surface area (Å²) < 4.78 is 13.5. The third kappa shape index (κ3) is 3.67. The van der Waals surface area contributed by atoms with Gasteiger partial charge >= 0.3 is 0 Å². The van der Waals surface area contributed by atoms with E-state index in [1.165, 1.54) is 12.1 Å². The molecule has 2 nitrogen and oxygen atoms in total. The fraction of sp³-hybridized carbons (Fsp3) is 0.357. The minimum absolute atomic E-state index is 0.0459. The fourth-order valence-corrected chi connectivity index (χ4v) is 2.63. The van der Waals surface area contributed by atoms with Crippen molar-refractivity contribution in [2.75, 3.05) is 5.32 Å². The zero-order chi connectivity index (χ0) is 14.0. The van der Waals surface area contributed by atoms with Gasteiger partial charge in [-0.1, -0.05) is 32.4 Å². The number of benzene rings is 1. The van der Waals surface area contributed by atoms with Gasteiger partial charge in [0.1, 0.15) is 5.82 Å². The van der Waals surface area contributed by atoms with Gasteiger partial charge in [-0.25, -0.2) is 9.37 Å². The Morgan fingerprint density at radius 3 is 2.74 bits per heavy atom. The van der Waals surface area contributed by atoms with Crippen LogP contribution >= 0.6 is 22.9 Å². The number of anilines is 1. The molecule has 2 rings (SSSR count). The number of nitrogens with zero attached hydrogens (tertiary/aromatic N) is 1. The van der Waals surface area contributed by atoms with Gasteiger partial charge in [0.2, 0.25) is 0 Å². The van der Waals surface area contributed by atoms with Gasteiger partial charge in [0.05, 0.1) is 22.9 Å². The van der Waals surface area contributed by atoms with Gasteiger partial charge in [0, 0.05) is 15.8 Å². The summed E-state index contributed by atoms with van der Waals surface area (Å²) in [7, 11) is 0. The molecule has 0 radical (unpaired) electrons. The SMILES string of the molecule is CC(C)(C)c1nc(CNc2cc(Cl)ccc2F)cs1. The first-order chi connectivity index (χ1) is 8.86. The molecule has 102 valence electrons.